The number of amidine groups is 1. The van der Waals surface area contributed by atoms with Crippen molar-refractivity contribution in [2.45, 2.75) is 74.0 Å². The van der Waals surface area contributed by atoms with E-state index in [1.165, 1.54) is 6.08 Å². The molecule has 1 atom stereocenters. The minimum absolute atomic E-state index is 0.273. The molecule has 1 N–H and O–H groups in total. The van der Waals surface area contributed by atoms with Gasteiger partial charge in [-0.3, -0.25) is 0 Å². The molecule has 3 rings (SSSR count). The summed E-state index contributed by atoms with van der Waals surface area (Å²) in [4.78, 5) is 12.4. The molecule has 43 heavy (non-hydrogen) atoms. The van der Waals surface area contributed by atoms with E-state index in [1.54, 1.807) is 19.3 Å². The Morgan fingerprint density at radius 3 is 2.40 bits per heavy atom. The number of rotatable bonds is 12. The van der Waals surface area contributed by atoms with E-state index < -0.39 is 12.4 Å². The Hall–Kier alpha value is -3.10. The van der Waals surface area contributed by atoms with E-state index in [2.05, 4.69) is 60.8 Å². The molecular formula is C35H59FN4O3. The number of piperidine rings is 1. The van der Waals surface area contributed by atoms with Crippen LogP contribution >= 0.6 is 0 Å². The maximum Gasteiger partial charge on any atom is 0.256 e. The largest absolute Gasteiger partial charge is 0.495 e. The number of likely N-dealkylation sites (N-methyl/N-ethyl adjacent to an activating group) is 2. The first kappa shape index (κ1) is 39.9. The average molecular weight is 603 g/mol. The lowest BCUT2D eigenvalue weighted by atomic mass is 9.95. The first-order valence-electron chi connectivity index (χ1n) is 15.8. The fourth-order valence-electron chi connectivity index (χ4n) is 4.54. The highest BCUT2D eigenvalue weighted by Gasteiger charge is 2.49. The molecule has 1 aromatic carbocycles. The quantitative estimate of drug-likeness (QED) is 0.248. The highest BCUT2D eigenvalue weighted by atomic mass is 19.1. The van der Waals surface area contributed by atoms with Crippen LogP contribution < -0.4 is 9.64 Å². The van der Waals surface area contributed by atoms with Crippen molar-refractivity contribution in [3.05, 3.63) is 65.3 Å². The van der Waals surface area contributed by atoms with Crippen LogP contribution in [0.5, 0.6) is 5.75 Å². The zero-order chi connectivity index (χ0) is 33.0. The number of alkyl halides is 1. The van der Waals surface area contributed by atoms with E-state index in [0.29, 0.717) is 18.0 Å². The van der Waals surface area contributed by atoms with Crippen molar-refractivity contribution < 1.29 is 19.1 Å². The lowest BCUT2D eigenvalue weighted by Gasteiger charge is -2.39. The molecule has 0 aliphatic carbocycles. The van der Waals surface area contributed by atoms with Crippen LogP contribution in [0.3, 0.4) is 0 Å². The van der Waals surface area contributed by atoms with Crippen LogP contribution in [0.1, 0.15) is 73.8 Å². The summed E-state index contributed by atoms with van der Waals surface area (Å²) in [7, 11) is 5.89. The maximum absolute atomic E-state index is 13.1. The minimum atomic E-state index is -1.11. The number of hydrogen-bond acceptors (Lipinski definition) is 7. The molecule has 0 radical (unpaired) electrons. The van der Waals surface area contributed by atoms with Crippen LogP contribution in [0.2, 0.25) is 0 Å². The van der Waals surface area contributed by atoms with E-state index in [0.717, 1.165) is 60.6 Å². The van der Waals surface area contributed by atoms with Crippen molar-refractivity contribution >= 4 is 17.6 Å². The van der Waals surface area contributed by atoms with Crippen LogP contribution in [-0.2, 0) is 4.84 Å². The third-order valence-electron chi connectivity index (χ3n) is 7.20. The van der Waals surface area contributed by atoms with Crippen LogP contribution in [0, 0.1) is 0 Å². The predicted octanol–water partition coefficient (Wildman–Crippen LogP) is 7.70. The van der Waals surface area contributed by atoms with E-state index in [4.69, 9.17) is 9.57 Å². The number of ether oxygens (including phenoxy) is 1. The molecule has 1 fully saturated rings. The lowest BCUT2D eigenvalue weighted by Crippen LogP contribution is -2.54. The number of hydrogen-bond donors (Lipinski definition) is 1. The van der Waals surface area contributed by atoms with Gasteiger partial charge in [-0.05, 0) is 73.8 Å². The van der Waals surface area contributed by atoms with Crippen LogP contribution in [0.25, 0.3) is 6.08 Å². The van der Waals surface area contributed by atoms with E-state index in [-0.39, 0.29) is 6.61 Å². The van der Waals surface area contributed by atoms with Crippen molar-refractivity contribution in [2.75, 3.05) is 65.6 Å². The Kier molecular flexibility index (Phi) is 20.0. The van der Waals surface area contributed by atoms with Gasteiger partial charge < -0.3 is 29.4 Å². The summed E-state index contributed by atoms with van der Waals surface area (Å²) >= 11 is 0. The Bertz CT molecular complexity index is 1080. The van der Waals surface area contributed by atoms with Gasteiger partial charge in [0.15, 0.2) is 5.84 Å². The van der Waals surface area contributed by atoms with Gasteiger partial charge in [-0.2, -0.15) is 0 Å². The highest BCUT2D eigenvalue weighted by Crippen LogP contribution is 2.38. The molecule has 244 valence electrons. The first-order chi connectivity index (χ1) is 20.8. The lowest BCUT2D eigenvalue weighted by molar-refractivity contribution is -0.101. The van der Waals surface area contributed by atoms with Crippen LogP contribution in [0.15, 0.2) is 64.9 Å². The van der Waals surface area contributed by atoms with Crippen LogP contribution in [0.4, 0.5) is 10.1 Å². The molecule has 2 aliphatic rings. The average Bonchev–Trinajstić information content (AvgIpc) is 3.47. The number of anilines is 1. The number of halogens is 1. The number of benzene rings is 1. The van der Waals surface area contributed by atoms with Crippen molar-refractivity contribution in [3.8, 4) is 5.75 Å². The number of nitrogens with zero attached hydrogens (tertiary/aromatic N) is 4. The number of oxime groups is 1. The second-order valence-electron chi connectivity index (χ2n) is 9.55. The Balaban J connectivity index is 0.00000276. The smallest absolute Gasteiger partial charge is 0.256 e. The maximum atomic E-state index is 13.1. The molecule has 0 aromatic heterocycles. The van der Waals surface area contributed by atoms with Crippen molar-refractivity contribution in [1.29, 1.82) is 0 Å². The number of allylic oxidation sites excluding steroid dienone is 4. The molecule has 1 unspecified atom stereocenters. The van der Waals surface area contributed by atoms with E-state index >= 15 is 0 Å². The molecule has 1 saturated heterocycles. The molecule has 2 aliphatic heterocycles. The fourth-order valence-corrected chi connectivity index (χ4v) is 4.54. The van der Waals surface area contributed by atoms with E-state index in [1.807, 2.05) is 59.4 Å². The Labute approximate surface area is 262 Å². The van der Waals surface area contributed by atoms with Gasteiger partial charge in [0.1, 0.15) is 19.0 Å². The molecule has 0 spiro atoms. The first-order valence-corrected chi connectivity index (χ1v) is 15.8. The minimum Gasteiger partial charge on any atom is -0.495 e. The number of aliphatic hydroxyl groups is 1. The molecule has 1 aromatic rings. The standard InChI is InChI=1S/C29H41FN4O3.3C2H6/c1-7-23(20-30)12-11-22(3)29(21-35)34-15-9-10-25(28(34)31-37-29)18-24-13-14-26(27(19-24)36-6)33(5)17-16-32(4)8-2;3*1-2/h7,11-14,18-19,35H,1,8-10,15-17,20-21H2,2-6H3;3*1-2H3/b22-11+,23-12+,25-18+;;;. The predicted molar refractivity (Wildman–Crippen MR) is 184 cm³/mol. The van der Waals surface area contributed by atoms with Crippen molar-refractivity contribution in [3.63, 3.8) is 0 Å². The number of methoxy groups -OCH3 is 1. The second-order valence-corrected chi connectivity index (χ2v) is 9.55. The molecule has 7 nitrogen and oxygen atoms in total. The van der Waals surface area contributed by atoms with Gasteiger partial charge in [-0.15, -0.1) is 0 Å². The van der Waals surface area contributed by atoms with Gasteiger partial charge in [0.25, 0.3) is 5.72 Å². The van der Waals surface area contributed by atoms with Crippen molar-refractivity contribution in [2.24, 2.45) is 5.16 Å². The number of aliphatic hydroxyl groups excluding tert-OH is 1. The number of fused-ring (bicyclic) bond motifs is 1. The molecule has 2 heterocycles. The Morgan fingerprint density at radius 2 is 1.84 bits per heavy atom. The summed E-state index contributed by atoms with van der Waals surface area (Å²) in [5.41, 5.74) is 3.19. The summed E-state index contributed by atoms with van der Waals surface area (Å²) in [5.74, 6) is 1.53. The molecule has 0 bridgehead atoms. The van der Waals surface area contributed by atoms with Gasteiger partial charge in [-0.1, -0.05) is 84.5 Å². The topological polar surface area (TPSA) is 60.8 Å². The molecule has 8 heteroatoms. The summed E-state index contributed by atoms with van der Waals surface area (Å²) in [6.07, 6.45) is 8.75. The molecule has 0 saturated carbocycles. The zero-order valence-corrected chi connectivity index (χ0v) is 28.8. The van der Waals surface area contributed by atoms with Gasteiger partial charge >= 0.3 is 0 Å². The van der Waals surface area contributed by atoms with Gasteiger partial charge in [-0.25, -0.2) is 4.39 Å². The molecular weight excluding hydrogens is 543 g/mol. The second kappa shape index (κ2) is 21.6. The normalized spacial score (nSPS) is 18.6. The SMILES string of the molecule is C=C/C(=C\C=C(/C)C1(CO)ON=C2/C(=C/c3ccc(N(C)CCN(C)CC)c(OC)c3)CCCN21)CF.CC.CC.CC. The Morgan fingerprint density at radius 1 is 1.16 bits per heavy atom. The summed E-state index contributed by atoms with van der Waals surface area (Å²) < 4.78 is 18.8. The highest BCUT2D eigenvalue weighted by molar-refractivity contribution is 6.03. The summed E-state index contributed by atoms with van der Waals surface area (Å²) in [6, 6.07) is 6.22. The molecule has 0 amide bonds. The summed E-state index contributed by atoms with van der Waals surface area (Å²) in [5, 5.41) is 14.8. The van der Waals surface area contributed by atoms with Gasteiger partial charge in [0.2, 0.25) is 0 Å². The summed E-state index contributed by atoms with van der Waals surface area (Å²) in [6.45, 7) is 22.3. The van der Waals surface area contributed by atoms with Gasteiger partial charge in [0.05, 0.1) is 12.8 Å². The third-order valence-corrected chi connectivity index (χ3v) is 7.20. The van der Waals surface area contributed by atoms with Crippen LogP contribution in [-0.4, -0.2) is 87.1 Å². The zero-order valence-electron chi connectivity index (χ0n) is 28.8. The fraction of sp³-hybridized carbons (Fsp3) is 0.571. The van der Waals surface area contributed by atoms with E-state index in [9.17, 15) is 9.50 Å². The van der Waals surface area contributed by atoms with Crippen molar-refractivity contribution in [1.82, 2.24) is 9.80 Å². The monoisotopic (exact) mass is 602 g/mol. The third kappa shape index (κ3) is 10.5. The van der Waals surface area contributed by atoms with Gasteiger partial charge in [0, 0.05) is 26.7 Å².